The van der Waals surface area contributed by atoms with Gasteiger partial charge in [0.2, 0.25) is 0 Å². The zero-order valence-electron chi connectivity index (χ0n) is 11.7. The Hall–Kier alpha value is -1.95. The van der Waals surface area contributed by atoms with Crippen LogP contribution in [-0.4, -0.2) is 12.4 Å². The van der Waals surface area contributed by atoms with Crippen molar-refractivity contribution in [1.82, 2.24) is 5.32 Å². The van der Waals surface area contributed by atoms with Gasteiger partial charge in [0.05, 0.1) is 6.54 Å². The van der Waals surface area contributed by atoms with Gasteiger partial charge in [0.15, 0.2) is 0 Å². The SMILES string of the molecule is CC(C)NCc1ccc(-c2cccc(OC(F)(F)F)c2)o1. The highest BCUT2D eigenvalue weighted by molar-refractivity contribution is 5.59. The van der Waals surface area contributed by atoms with E-state index >= 15 is 0 Å². The number of ether oxygens (including phenoxy) is 1. The Bertz CT molecular complexity index is 591. The number of alkyl halides is 3. The summed E-state index contributed by atoms with van der Waals surface area (Å²) < 4.78 is 46.1. The lowest BCUT2D eigenvalue weighted by Gasteiger charge is -2.09. The Labute approximate surface area is 120 Å². The zero-order valence-corrected chi connectivity index (χ0v) is 11.7. The average molecular weight is 299 g/mol. The van der Waals surface area contributed by atoms with Crippen LogP contribution in [-0.2, 0) is 6.54 Å². The molecule has 0 aliphatic heterocycles. The molecule has 1 N–H and O–H groups in total. The van der Waals surface area contributed by atoms with Crippen molar-refractivity contribution in [2.45, 2.75) is 32.8 Å². The van der Waals surface area contributed by atoms with Gasteiger partial charge < -0.3 is 14.5 Å². The van der Waals surface area contributed by atoms with Crippen LogP contribution >= 0.6 is 0 Å². The minimum atomic E-state index is -4.70. The van der Waals surface area contributed by atoms with Crippen molar-refractivity contribution < 1.29 is 22.3 Å². The molecular formula is C15H16F3NO2. The molecule has 0 bridgehead atoms. The molecule has 0 radical (unpaired) electrons. The van der Waals surface area contributed by atoms with Crippen LogP contribution in [0.15, 0.2) is 40.8 Å². The van der Waals surface area contributed by atoms with Crippen molar-refractivity contribution in [2.75, 3.05) is 0 Å². The summed E-state index contributed by atoms with van der Waals surface area (Å²) in [5.41, 5.74) is 0.535. The van der Waals surface area contributed by atoms with Crippen LogP contribution in [0.1, 0.15) is 19.6 Å². The van der Waals surface area contributed by atoms with E-state index in [0.717, 1.165) is 5.76 Å². The fourth-order valence-corrected chi connectivity index (χ4v) is 1.78. The van der Waals surface area contributed by atoms with E-state index in [9.17, 15) is 13.2 Å². The van der Waals surface area contributed by atoms with Crippen LogP contribution < -0.4 is 10.1 Å². The third-order valence-electron chi connectivity index (χ3n) is 2.70. The van der Waals surface area contributed by atoms with Crippen LogP contribution in [0.3, 0.4) is 0 Å². The summed E-state index contributed by atoms with van der Waals surface area (Å²) in [7, 11) is 0. The van der Waals surface area contributed by atoms with Crippen LogP contribution in [0.2, 0.25) is 0 Å². The highest BCUT2D eigenvalue weighted by Gasteiger charge is 2.31. The topological polar surface area (TPSA) is 34.4 Å². The number of hydrogen-bond acceptors (Lipinski definition) is 3. The molecule has 0 saturated carbocycles. The van der Waals surface area contributed by atoms with Gasteiger partial charge in [-0.3, -0.25) is 0 Å². The number of furan rings is 1. The fourth-order valence-electron chi connectivity index (χ4n) is 1.78. The summed E-state index contributed by atoms with van der Waals surface area (Å²) in [6.07, 6.45) is -4.70. The lowest BCUT2D eigenvalue weighted by atomic mass is 10.1. The molecule has 1 aromatic heterocycles. The van der Waals surface area contributed by atoms with Gasteiger partial charge in [-0.25, -0.2) is 0 Å². The van der Waals surface area contributed by atoms with Crippen molar-refractivity contribution >= 4 is 0 Å². The second-order valence-corrected chi connectivity index (χ2v) is 4.88. The van der Waals surface area contributed by atoms with Crippen LogP contribution in [0.4, 0.5) is 13.2 Å². The summed E-state index contributed by atoms with van der Waals surface area (Å²) in [5, 5.41) is 3.20. The Kier molecular flexibility index (Phi) is 4.57. The lowest BCUT2D eigenvalue weighted by molar-refractivity contribution is -0.274. The quantitative estimate of drug-likeness (QED) is 0.891. The second-order valence-electron chi connectivity index (χ2n) is 4.88. The van der Waals surface area contributed by atoms with Gasteiger partial charge in [-0.15, -0.1) is 13.2 Å². The third-order valence-corrected chi connectivity index (χ3v) is 2.70. The number of rotatable bonds is 5. The maximum Gasteiger partial charge on any atom is 0.573 e. The molecular weight excluding hydrogens is 283 g/mol. The fraction of sp³-hybridized carbons (Fsp3) is 0.333. The first-order valence-electron chi connectivity index (χ1n) is 6.52. The molecule has 1 aromatic carbocycles. The highest BCUT2D eigenvalue weighted by Crippen LogP contribution is 2.29. The van der Waals surface area contributed by atoms with Crippen LogP contribution in [0.25, 0.3) is 11.3 Å². The van der Waals surface area contributed by atoms with Gasteiger partial charge >= 0.3 is 6.36 Å². The molecule has 0 saturated heterocycles. The van der Waals surface area contributed by atoms with E-state index in [2.05, 4.69) is 10.1 Å². The molecule has 1 heterocycles. The summed E-state index contributed by atoms with van der Waals surface area (Å²) in [4.78, 5) is 0. The standard InChI is InChI=1S/C15H16F3NO2/c1-10(2)19-9-13-6-7-14(20-13)11-4-3-5-12(8-11)21-15(16,17)18/h3-8,10,19H,9H2,1-2H3. The Morgan fingerprint density at radius 3 is 2.62 bits per heavy atom. The van der Waals surface area contributed by atoms with E-state index in [1.165, 1.54) is 18.2 Å². The molecule has 0 aliphatic carbocycles. The van der Waals surface area contributed by atoms with E-state index in [-0.39, 0.29) is 5.75 Å². The van der Waals surface area contributed by atoms with Gasteiger partial charge in [0.1, 0.15) is 17.3 Å². The van der Waals surface area contributed by atoms with E-state index in [4.69, 9.17) is 4.42 Å². The van der Waals surface area contributed by atoms with Crippen molar-refractivity contribution in [1.29, 1.82) is 0 Å². The zero-order chi connectivity index (χ0) is 15.5. The molecule has 3 nitrogen and oxygen atoms in total. The minimum absolute atomic E-state index is 0.266. The molecule has 0 atom stereocenters. The molecule has 21 heavy (non-hydrogen) atoms. The molecule has 0 fully saturated rings. The summed E-state index contributed by atoms with van der Waals surface area (Å²) in [6, 6.07) is 9.55. The predicted octanol–water partition coefficient (Wildman–Crippen LogP) is 4.34. The van der Waals surface area contributed by atoms with Gasteiger partial charge in [-0.1, -0.05) is 26.0 Å². The third kappa shape index (κ3) is 4.82. The smallest absolute Gasteiger partial charge is 0.460 e. The Morgan fingerprint density at radius 1 is 1.19 bits per heavy atom. The lowest BCUT2D eigenvalue weighted by Crippen LogP contribution is -2.21. The molecule has 0 aliphatic rings. The summed E-state index contributed by atoms with van der Waals surface area (Å²) >= 11 is 0. The predicted molar refractivity (Wildman–Crippen MR) is 72.8 cm³/mol. The van der Waals surface area contributed by atoms with Crippen molar-refractivity contribution in [3.8, 4) is 17.1 Å². The maximum atomic E-state index is 12.2. The largest absolute Gasteiger partial charge is 0.573 e. The van der Waals surface area contributed by atoms with Crippen LogP contribution in [0, 0.1) is 0 Å². The van der Waals surface area contributed by atoms with Gasteiger partial charge in [-0.2, -0.15) is 0 Å². The van der Waals surface area contributed by atoms with Crippen molar-refractivity contribution in [3.05, 3.63) is 42.2 Å². The first kappa shape index (κ1) is 15.4. The number of hydrogen-bond donors (Lipinski definition) is 1. The maximum absolute atomic E-state index is 12.2. The number of nitrogens with one attached hydrogen (secondary N) is 1. The van der Waals surface area contributed by atoms with Gasteiger partial charge in [0, 0.05) is 11.6 Å². The Morgan fingerprint density at radius 2 is 1.95 bits per heavy atom. The average Bonchev–Trinajstić information content (AvgIpc) is 2.83. The molecule has 6 heteroatoms. The van der Waals surface area contributed by atoms with Crippen molar-refractivity contribution in [2.24, 2.45) is 0 Å². The number of halogens is 3. The highest BCUT2D eigenvalue weighted by atomic mass is 19.4. The molecule has 114 valence electrons. The first-order chi connectivity index (χ1) is 9.83. The summed E-state index contributed by atoms with van der Waals surface area (Å²) in [6.45, 7) is 4.60. The van der Waals surface area contributed by atoms with Crippen molar-refractivity contribution in [3.63, 3.8) is 0 Å². The van der Waals surface area contributed by atoms with Crippen LogP contribution in [0.5, 0.6) is 5.75 Å². The molecule has 2 rings (SSSR count). The second kappa shape index (κ2) is 6.22. The monoisotopic (exact) mass is 299 g/mol. The van der Waals surface area contributed by atoms with Gasteiger partial charge in [-0.05, 0) is 24.3 Å². The summed E-state index contributed by atoms with van der Waals surface area (Å²) in [5.74, 6) is 0.960. The van der Waals surface area contributed by atoms with E-state index < -0.39 is 6.36 Å². The van der Waals surface area contributed by atoms with E-state index in [1.54, 1.807) is 18.2 Å². The molecule has 0 spiro atoms. The van der Waals surface area contributed by atoms with E-state index in [0.29, 0.717) is 23.9 Å². The van der Waals surface area contributed by atoms with Gasteiger partial charge in [0.25, 0.3) is 0 Å². The minimum Gasteiger partial charge on any atom is -0.460 e. The Balaban J connectivity index is 2.13. The normalized spacial score (nSPS) is 11.9. The number of benzene rings is 1. The molecule has 2 aromatic rings. The van der Waals surface area contributed by atoms with E-state index in [1.807, 2.05) is 13.8 Å². The molecule has 0 amide bonds. The molecule has 0 unspecified atom stereocenters. The first-order valence-corrected chi connectivity index (χ1v) is 6.52.